The number of carbonyl (C=O) groups excluding carboxylic acids is 1. The van der Waals surface area contributed by atoms with Gasteiger partial charge in [0.15, 0.2) is 6.29 Å². The quantitative estimate of drug-likeness (QED) is 0.571. The van der Waals surface area contributed by atoms with Gasteiger partial charge in [-0.05, 0) is 54.2 Å². The summed E-state index contributed by atoms with van der Waals surface area (Å²) in [6.07, 6.45) is 0.623. The molecule has 0 bridgehead atoms. The molecular weight excluding hydrogens is 477 g/mol. The van der Waals surface area contributed by atoms with E-state index in [4.69, 9.17) is 18.9 Å². The zero-order valence-corrected chi connectivity index (χ0v) is 20.6. The van der Waals surface area contributed by atoms with E-state index in [1.54, 1.807) is 12.1 Å². The van der Waals surface area contributed by atoms with Crippen LogP contribution in [0.1, 0.15) is 47.7 Å². The second-order valence-electron chi connectivity index (χ2n) is 9.91. The van der Waals surface area contributed by atoms with Crippen LogP contribution < -0.4 is 9.46 Å². The first kappa shape index (κ1) is 24.0. The van der Waals surface area contributed by atoms with E-state index in [1.807, 2.05) is 13.8 Å². The average Bonchev–Trinajstić information content (AvgIpc) is 3.38. The minimum atomic E-state index is -4.21. The molecule has 2 atom stereocenters. The molecule has 2 aliphatic heterocycles. The Morgan fingerprint density at radius 3 is 2.66 bits per heavy atom. The lowest BCUT2D eigenvalue weighted by Crippen LogP contribution is -2.33. The third-order valence-electron chi connectivity index (χ3n) is 6.80. The van der Waals surface area contributed by atoms with Crippen molar-refractivity contribution in [3.63, 3.8) is 0 Å². The molecule has 1 aliphatic carbocycles. The van der Waals surface area contributed by atoms with Crippen molar-refractivity contribution >= 4 is 21.7 Å². The Balaban J connectivity index is 1.51. The van der Waals surface area contributed by atoms with Crippen molar-refractivity contribution in [3.05, 3.63) is 52.8 Å². The summed E-state index contributed by atoms with van der Waals surface area (Å²) in [4.78, 5) is 12.6. The fraction of sp³-hybridized carbons (Fsp3) is 0.480. The van der Waals surface area contributed by atoms with Crippen LogP contribution in [-0.2, 0) is 30.7 Å². The molecule has 188 valence electrons. The molecule has 1 saturated heterocycles. The largest absolute Gasteiger partial charge is 0.492 e. The Labute approximate surface area is 203 Å². The van der Waals surface area contributed by atoms with E-state index in [0.717, 1.165) is 18.1 Å². The lowest BCUT2D eigenvalue weighted by atomic mass is 9.85. The van der Waals surface area contributed by atoms with Gasteiger partial charge < -0.3 is 18.9 Å². The summed E-state index contributed by atoms with van der Waals surface area (Å²) in [6, 6.07) is 6.86. The van der Waals surface area contributed by atoms with E-state index in [-0.39, 0.29) is 28.1 Å². The fourth-order valence-electron chi connectivity index (χ4n) is 4.97. The average molecular weight is 506 g/mol. The molecule has 1 saturated carbocycles. The summed E-state index contributed by atoms with van der Waals surface area (Å²) in [5, 5.41) is 0. The van der Waals surface area contributed by atoms with Gasteiger partial charge in [0.25, 0.3) is 10.0 Å². The number of methoxy groups -OCH3 is 1. The van der Waals surface area contributed by atoms with Gasteiger partial charge in [-0.3, -0.25) is 4.72 Å². The number of sulfonamides is 1. The molecule has 1 N–H and O–H groups in total. The Bertz CT molecular complexity index is 1270. The number of halogens is 1. The highest BCUT2D eigenvalue weighted by Gasteiger charge is 2.45. The van der Waals surface area contributed by atoms with Crippen molar-refractivity contribution in [2.24, 2.45) is 11.3 Å². The van der Waals surface area contributed by atoms with E-state index in [1.165, 1.54) is 19.2 Å². The van der Waals surface area contributed by atoms with Crippen LogP contribution in [0.25, 0.3) is 0 Å². The topological polar surface area (TPSA) is 100 Å². The third kappa shape index (κ3) is 4.50. The van der Waals surface area contributed by atoms with Crippen molar-refractivity contribution in [3.8, 4) is 5.75 Å². The van der Waals surface area contributed by atoms with Gasteiger partial charge in [-0.1, -0.05) is 19.9 Å². The lowest BCUT2D eigenvalue weighted by Gasteiger charge is -2.30. The van der Waals surface area contributed by atoms with E-state index in [2.05, 4.69) is 4.72 Å². The van der Waals surface area contributed by atoms with Crippen LogP contribution in [0.5, 0.6) is 5.75 Å². The third-order valence-corrected chi connectivity index (χ3v) is 8.27. The van der Waals surface area contributed by atoms with Crippen molar-refractivity contribution in [1.29, 1.82) is 0 Å². The van der Waals surface area contributed by atoms with Crippen molar-refractivity contribution in [2.75, 3.05) is 31.7 Å². The van der Waals surface area contributed by atoms with Gasteiger partial charge in [0, 0.05) is 11.3 Å². The summed E-state index contributed by atoms with van der Waals surface area (Å²) >= 11 is 0. The molecule has 0 unspecified atom stereocenters. The van der Waals surface area contributed by atoms with Gasteiger partial charge in [-0.25, -0.2) is 17.6 Å². The lowest BCUT2D eigenvalue weighted by molar-refractivity contribution is -0.119. The monoisotopic (exact) mass is 505 g/mol. The Hall–Kier alpha value is -2.69. The van der Waals surface area contributed by atoms with Crippen LogP contribution in [0, 0.1) is 17.2 Å². The van der Waals surface area contributed by atoms with Crippen LogP contribution >= 0.6 is 0 Å². The first-order chi connectivity index (χ1) is 16.6. The van der Waals surface area contributed by atoms with E-state index >= 15 is 0 Å². The Kier molecular flexibility index (Phi) is 6.01. The van der Waals surface area contributed by atoms with Gasteiger partial charge in [-0.15, -0.1) is 0 Å². The molecule has 8 nitrogen and oxygen atoms in total. The molecule has 35 heavy (non-hydrogen) atoms. The Morgan fingerprint density at radius 2 is 1.94 bits per heavy atom. The molecule has 2 aromatic rings. The van der Waals surface area contributed by atoms with E-state index in [0.29, 0.717) is 37.4 Å². The number of nitrogens with one attached hydrogen (secondary N) is 1. The second-order valence-corrected chi connectivity index (χ2v) is 11.6. The maximum Gasteiger partial charge on any atom is 0.343 e. The standard InChI is InChI=1S/C25H28FNO7S/c1-25(2,24-32-8-9-33-24)12-14-10-16(26)4-7-20(14)35(29,30)27-19-6-5-17-18-11-15(18)13-34-22(17)21(19)23(28)31-3/h4-7,10,15,18,24,27H,8-9,11-13H2,1-3H3/t15-,18-/m0/s1. The second kappa shape index (κ2) is 8.76. The smallest absolute Gasteiger partial charge is 0.343 e. The van der Waals surface area contributed by atoms with Gasteiger partial charge in [-0.2, -0.15) is 0 Å². The number of hydrogen-bond acceptors (Lipinski definition) is 7. The Morgan fingerprint density at radius 1 is 1.20 bits per heavy atom. The molecule has 3 aliphatic rings. The van der Waals surface area contributed by atoms with E-state index in [9.17, 15) is 17.6 Å². The molecule has 0 amide bonds. The normalized spacial score (nSPS) is 21.6. The molecule has 2 aromatic carbocycles. The highest BCUT2D eigenvalue weighted by Crippen LogP contribution is 2.55. The molecule has 0 spiro atoms. The van der Waals surface area contributed by atoms with Crippen LogP contribution in [0.4, 0.5) is 10.1 Å². The van der Waals surface area contributed by atoms with E-state index < -0.39 is 33.5 Å². The van der Waals surface area contributed by atoms with Crippen molar-refractivity contribution in [2.45, 2.75) is 43.8 Å². The van der Waals surface area contributed by atoms with Gasteiger partial charge in [0.05, 0.1) is 37.5 Å². The van der Waals surface area contributed by atoms with Crippen LogP contribution in [0.15, 0.2) is 35.2 Å². The molecule has 5 rings (SSSR count). The SMILES string of the molecule is COC(=O)c1c(NS(=O)(=O)c2ccc(F)cc2CC(C)(C)C2OCCO2)ccc2c1OC[C@@H]1C[C@H]21. The number of esters is 1. The highest BCUT2D eigenvalue weighted by atomic mass is 32.2. The highest BCUT2D eigenvalue weighted by molar-refractivity contribution is 7.92. The minimum Gasteiger partial charge on any atom is -0.492 e. The van der Waals surface area contributed by atoms with Crippen LogP contribution in [-0.4, -0.2) is 47.6 Å². The summed E-state index contributed by atoms with van der Waals surface area (Å²) in [5.74, 6) is -0.173. The number of fused-ring (bicyclic) bond motifs is 3. The van der Waals surface area contributed by atoms with Crippen LogP contribution in [0.2, 0.25) is 0 Å². The maximum absolute atomic E-state index is 14.2. The zero-order chi connectivity index (χ0) is 25.0. The number of ether oxygens (including phenoxy) is 4. The van der Waals surface area contributed by atoms with Crippen LogP contribution in [0.3, 0.4) is 0 Å². The maximum atomic E-state index is 14.2. The van der Waals surface area contributed by atoms with Crippen molar-refractivity contribution < 1.29 is 36.6 Å². The summed E-state index contributed by atoms with van der Waals surface area (Å²) in [7, 11) is -2.98. The molecule has 0 aromatic heterocycles. The summed E-state index contributed by atoms with van der Waals surface area (Å²) < 4.78 is 65.8. The first-order valence-corrected chi connectivity index (χ1v) is 13.0. The number of rotatable bonds is 7. The molecular formula is C25H28FNO7S. The van der Waals surface area contributed by atoms with Gasteiger partial charge >= 0.3 is 5.97 Å². The number of benzene rings is 2. The number of carbonyl (C=O) groups is 1. The van der Waals surface area contributed by atoms with Gasteiger partial charge in [0.1, 0.15) is 17.1 Å². The molecule has 2 fully saturated rings. The predicted octanol–water partition coefficient (Wildman–Crippen LogP) is 3.85. The summed E-state index contributed by atoms with van der Waals surface area (Å²) in [6.45, 7) is 5.11. The molecule has 2 heterocycles. The van der Waals surface area contributed by atoms with Gasteiger partial charge in [0.2, 0.25) is 0 Å². The number of anilines is 1. The molecule has 0 radical (unpaired) electrons. The molecule has 10 heteroatoms. The first-order valence-electron chi connectivity index (χ1n) is 11.5. The minimum absolute atomic E-state index is 0.0377. The summed E-state index contributed by atoms with van der Waals surface area (Å²) in [5.41, 5.74) is 0.621. The predicted molar refractivity (Wildman–Crippen MR) is 125 cm³/mol. The number of hydrogen-bond donors (Lipinski definition) is 1. The fourth-order valence-corrected chi connectivity index (χ4v) is 6.26. The van der Waals surface area contributed by atoms with Crippen molar-refractivity contribution in [1.82, 2.24) is 0 Å². The zero-order valence-electron chi connectivity index (χ0n) is 19.8.